The van der Waals surface area contributed by atoms with Gasteiger partial charge in [0.25, 0.3) is 0 Å². The standard InChI is InChI=1S/C17H18S/c1-3-8-14(9-4-1)16-12-7-13-17(18-16)15-10-5-2-6-11-15/h1-6,8-11,16-17H,7,12-13H2/t16-,17+. The van der Waals surface area contributed by atoms with Gasteiger partial charge in [0.05, 0.1) is 0 Å². The highest BCUT2D eigenvalue weighted by Crippen LogP contribution is 2.49. The summed E-state index contributed by atoms with van der Waals surface area (Å²) in [6, 6.07) is 21.9. The van der Waals surface area contributed by atoms with Crippen LogP contribution < -0.4 is 0 Å². The molecule has 92 valence electrons. The van der Waals surface area contributed by atoms with Gasteiger partial charge < -0.3 is 0 Å². The normalized spacial score (nSPS) is 23.8. The maximum Gasteiger partial charge on any atom is 0.0303 e. The molecule has 0 amide bonds. The second-order valence-corrected chi connectivity index (χ2v) is 6.28. The first-order valence-electron chi connectivity index (χ1n) is 6.69. The first-order valence-corrected chi connectivity index (χ1v) is 7.63. The van der Waals surface area contributed by atoms with Crippen molar-refractivity contribution < 1.29 is 0 Å². The molecule has 0 aliphatic carbocycles. The molecule has 1 aliphatic rings. The van der Waals surface area contributed by atoms with Crippen LogP contribution in [0, 0.1) is 0 Å². The van der Waals surface area contributed by atoms with E-state index in [1.165, 1.54) is 30.4 Å². The molecule has 1 aliphatic heterocycles. The van der Waals surface area contributed by atoms with Crippen LogP contribution in [0.15, 0.2) is 60.7 Å². The predicted octanol–water partition coefficient (Wildman–Crippen LogP) is 5.39. The van der Waals surface area contributed by atoms with Gasteiger partial charge in [-0.3, -0.25) is 0 Å². The van der Waals surface area contributed by atoms with Gasteiger partial charge in [0.2, 0.25) is 0 Å². The van der Waals surface area contributed by atoms with Crippen molar-refractivity contribution in [3.8, 4) is 0 Å². The number of hydrogen-bond acceptors (Lipinski definition) is 1. The highest BCUT2D eigenvalue weighted by molar-refractivity contribution is 7.99. The van der Waals surface area contributed by atoms with E-state index in [9.17, 15) is 0 Å². The molecule has 0 spiro atoms. The molecule has 1 heterocycles. The molecule has 18 heavy (non-hydrogen) atoms. The lowest BCUT2D eigenvalue weighted by Crippen LogP contribution is -2.06. The van der Waals surface area contributed by atoms with Gasteiger partial charge in [-0.25, -0.2) is 0 Å². The number of hydrogen-bond donors (Lipinski definition) is 0. The van der Waals surface area contributed by atoms with Crippen LogP contribution >= 0.6 is 11.8 Å². The predicted molar refractivity (Wildman–Crippen MR) is 79.8 cm³/mol. The Morgan fingerprint density at radius 3 is 1.56 bits per heavy atom. The summed E-state index contributed by atoms with van der Waals surface area (Å²) in [7, 11) is 0. The van der Waals surface area contributed by atoms with Gasteiger partial charge in [0.15, 0.2) is 0 Å². The summed E-state index contributed by atoms with van der Waals surface area (Å²) in [5.74, 6) is 0. The number of rotatable bonds is 2. The smallest absolute Gasteiger partial charge is 0.0303 e. The average molecular weight is 254 g/mol. The minimum atomic E-state index is 0.671. The molecule has 2 aromatic rings. The maximum atomic E-state index is 2.27. The third-order valence-corrected chi connectivity index (χ3v) is 5.28. The van der Waals surface area contributed by atoms with Crippen LogP contribution in [-0.2, 0) is 0 Å². The molecule has 2 aromatic carbocycles. The fourth-order valence-electron chi connectivity index (χ4n) is 2.65. The third-order valence-electron chi connectivity index (χ3n) is 3.60. The van der Waals surface area contributed by atoms with Gasteiger partial charge in [-0.15, -0.1) is 11.8 Å². The zero-order valence-electron chi connectivity index (χ0n) is 10.5. The van der Waals surface area contributed by atoms with Crippen LogP contribution in [-0.4, -0.2) is 0 Å². The Balaban J connectivity index is 1.77. The van der Waals surface area contributed by atoms with Crippen molar-refractivity contribution in [2.45, 2.75) is 29.8 Å². The van der Waals surface area contributed by atoms with Crippen molar-refractivity contribution in [1.82, 2.24) is 0 Å². The zero-order valence-corrected chi connectivity index (χ0v) is 11.3. The Morgan fingerprint density at radius 2 is 1.11 bits per heavy atom. The topological polar surface area (TPSA) is 0 Å². The molecular weight excluding hydrogens is 236 g/mol. The summed E-state index contributed by atoms with van der Waals surface area (Å²) in [6.45, 7) is 0. The Morgan fingerprint density at radius 1 is 0.667 bits per heavy atom. The average Bonchev–Trinajstić information content (AvgIpc) is 2.49. The summed E-state index contributed by atoms with van der Waals surface area (Å²) in [6.07, 6.45) is 3.97. The van der Waals surface area contributed by atoms with Crippen molar-refractivity contribution in [2.75, 3.05) is 0 Å². The third kappa shape index (κ3) is 2.62. The van der Waals surface area contributed by atoms with Crippen LogP contribution in [0.2, 0.25) is 0 Å². The lowest BCUT2D eigenvalue weighted by molar-refractivity contribution is 0.629. The number of thioether (sulfide) groups is 1. The highest BCUT2D eigenvalue weighted by atomic mass is 32.2. The Bertz CT molecular complexity index is 432. The molecule has 3 rings (SSSR count). The van der Waals surface area contributed by atoms with Crippen molar-refractivity contribution in [3.05, 3.63) is 71.8 Å². The lowest BCUT2D eigenvalue weighted by Gasteiger charge is -2.29. The molecular formula is C17H18S. The van der Waals surface area contributed by atoms with Gasteiger partial charge >= 0.3 is 0 Å². The molecule has 0 N–H and O–H groups in total. The van der Waals surface area contributed by atoms with Gasteiger partial charge in [-0.2, -0.15) is 0 Å². The maximum absolute atomic E-state index is 2.27. The highest BCUT2D eigenvalue weighted by Gasteiger charge is 2.24. The van der Waals surface area contributed by atoms with E-state index in [0.29, 0.717) is 10.5 Å². The van der Waals surface area contributed by atoms with E-state index >= 15 is 0 Å². The van der Waals surface area contributed by atoms with Crippen LogP contribution in [0.4, 0.5) is 0 Å². The SMILES string of the molecule is c1ccc([C@@H]2CCC[C@H](c3ccccc3)S2)cc1. The molecule has 0 radical (unpaired) electrons. The van der Waals surface area contributed by atoms with Crippen LogP contribution in [0.25, 0.3) is 0 Å². The molecule has 0 aromatic heterocycles. The van der Waals surface area contributed by atoms with E-state index < -0.39 is 0 Å². The molecule has 2 atom stereocenters. The molecule has 1 fully saturated rings. The second-order valence-electron chi connectivity index (χ2n) is 4.87. The first-order chi connectivity index (χ1) is 8.93. The molecule has 1 heteroatoms. The summed E-state index contributed by atoms with van der Waals surface area (Å²) in [5.41, 5.74) is 2.98. The van der Waals surface area contributed by atoms with Crippen LogP contribution in [0.3, 0.4) is 0 Å². The Kier molecular flexibility index (Phi) is 3.70. The Hall–Kier alpha value is -1.21. The fraction of sp³-hybridized carbons (Fsp3) is 0.294. The Labute approximate surface area is 113 Å². The van der Waals surface area contributed by atoms with E-state index in [-0.39, 0.29) is 0 Å². The summed E-state index contributed by atoms with van der Waals surface area (Å²) in [5, 5.41) is 1.34. The largest absolute Gasteiger partial charge is 0.146 e. The first kappa shape index (κ1) is 11.9. The molecule has 0 bridgehead atoms. The number of benzene rings is 2. The van der Waals surface area contributed by atoms with Gasteiger partial charge in [-0.05, 0) is 24.0 Å². The molecule has 0 nitrogen and oxygen atoms in total. The van der Waals surface area contributed by atoms with E-state index in [2.05, 4.69) is 72.4 Å². The second kappa shape index (κ2) is 5.62. The lowest BCUT2D eigenvalue weighted by atomic mass is 10.0. The monoisotopic (exact) mass is 254 g/mol. The van der Waals surface area contributed by atoms with Crippen molar-refractivity contribution in [1.29, 1.82) is 0 Å². The van der Waals surface area contributed by atoms with E-state index in [1.54, 1.807) is 0 Å². The zero-order chi connectivity index (χ0) is 12.2. The van der Waals surface area contributed by atoms with E-state index in [4.69, 9.17) is 0 Å². The molecule has 1 saturated heterocycles. The van der Waals surface area contributed by atoms with E-state index in [0.717, 1.165) is 0 Å². The van der Waals surface area contributed by atoms with E-state index in [1.807, 2.05) is 0 Å². The van der Waals surface area contributed by atoms with Crippen molar-refractivity contribution >= 4 is 11.8 Å². The minimum absolute atomic E-state index is 0.671. The summed E-state index contributed by atoms with van der Waals surface area (Å²) >= 11 is 2.14. The summed E-state index contributed by atoms with van der Waals surface area (Å²) < 4.78 is 0. The molecule has 0 unspecified atom stereocenters. The van der Waals surface area contributed by atoms with Gasteiger partial charge in [0.1, 0.15) is 0 Å². The fourth-order valence-corrected chi connectivity index (χ4v) is 4.28. The summed E-state index contributed by atoms with van der Waals surface area (Å²) in [4.78, 5) is 0. The van der Waals surface area contributed by atoms with Crippen molar-refractivity contribution in [2.24, 2.45) is 0 Å². The van der Waals surface area contributed by atoms with Gasteiger partial charge in [-0.1, -0.05) is 67.1 Å². The van der Waals surface area contributed by atoms with Crippen molar-refractivity contribution in [3.63, 3.8) is 0 Å². The van der Waals surface area contributed by atoms with Crippen LogP contribution in [0.1, 0.15) is 40.9 Å². The van der Waals surface area contributed by atoms with Gasteiger partial charge in [0, 0.05) is 10.5 Å². The minimum Gasteiger partial charge on any atom is -0.146 e. The quantitative estimate of drug-likeness (QED) is 0.692. The molecule has 0 saturated carbocycles. The van der Waals surface area contributed by atoms with Crippen LogP contribution in [0.5, 0.6) is 0 Å².